The van der Waals surface area contributed by atoms with Crippen molar-refractivity contribution in [3.63, 3.8) is 0 Å². The van der Waals surface area contributed by atoms with Crippen LogP contribution in [0, 0.1) is 0 Å². The molecule has 2 N–H and O–H groups in total. The zero-order valence-corrected chi connectivity index (χ0v) is 29.3. The number of hydrogen-bond acceptors (Lipinski definition) is 1. The molecule has 1 aromatic heterocycles. The molecular formula is C51H38N4. The largest absolute Gasteiger partial charge is 0.383 e. The first kappa shape index (κ1) is 22.7. The molecule has 262 valence electrons. The van der Waals surface area contributed by atoms with E-state index in [1.54, 1.807) is 24.3 Å². The Morgan fingerprint density at radius 1 is 0.527 bits per heavy atom. The Kier molecular flexibility index (Phi) is 6.18. The standard InChI is InChI=1S/C51H38N4/c52-50(41-30-28-40(29-31-41)39-26-24-38(25-27-39)37-16-6-2-7-17-37)54-51(53-35-36-14-4-1-5-15-36)47-22-11-10-20-44(47)42-32-33-46-45-21-12-13-23-48(45)55(49(46)34-42)43-18-8-3-9-19-43/h1-34H,35H2,(H2,52,53,54)/i3D,8D,9D,12D,13D,18D,19D,21D,23D,32D,33D,34D. The summed E-state index contributed by atoms with van der Waals surface area (Å²) in [5.41, 5.74) is 11.8. The Bertz CT molecular complexity index is 3470. The monoisotopic (exact) mass is 718 g/mol. The van der Waals surface area contributed by atoms with Crippen molar-refractivity contribution in [3.05, 3.63) is 223 Å². The van der Waals surface area contributed by atoms with Crippen molar-refractivity contribution < 1.29 is 16.4 Å². The first-order valence-electron chi connectivity index (χ1n) is 23.6. The van der Waals surface area contributed by atoms with Gasteiger partial charge in [0.05, 0.1) is 34.0 Å². The van der Waals surface area contributed by atoms with E-state index in [4.69, 9.17) is 28.1 Å². The van der Waals surface area contributed by atoms with E-state index < -0.39 is 78.2 Å². The summed E-state index contributed by atoms with van der Waals surface area (Å²) in [6.45, 7) is 0.163. The summed E-state index contributed by atoms with van der Waals surface area (Å²) in [5, 5.41) is -0.460. The minimum atomic E-state index is -0.714. The predicted octanol–water partition coefficient (Wildman–Crippen LogP) is 12.1. The molecule has 9 aromatic rings. The van der Waals surface area contributed by atoms with Crippen LogP contribution in [0.5, 0.6) is 0 Å². The van der Waals surface area contributed by atoms with Crippen LogP contribution in [0.15, 0.2) is 216 Å². The minimum Gasteiger partial charge on any atom is -0.383 e. The van der Waals surface area contributed by atoms with Crippen LogP contribution in [-0.2, 0) is 6.54 Å². The number of amidine groups is 2. The molecule has 0 fully saturated rings. The highest BCUT2D eigenvalue weighted by molar-refractivity contribution is 6.14. The van der Waals surface area contributed by atoms with Crippen molar-refractivity contribution in [2.24, 2.45) is 15.7 Å². The molecule has 9 rings (SSSR count). The maximum absolute atomic E-state index is 9.88. The minimum absolute atomic E-state index is 0.117. The van der Waals surface area contributed by atoms with Gasteiger partial charge in [-0.25, -0.2) is 4.99 Å². The summed E-state index contributed by atoms with van der Waals surface area (Å²) >= 11 is 0. The molecule has 0 amide bonds. The van der Waals surface area contributed by atoms with Gasteiger partial charge < -0.3 is 10.3 Å². The van der Waals surface area contributed by atoms with Crippen molar-refractivity contribution in [3.8, 4) is 39.1 Å². The number of fused-ring (bicyclic) bond motifs is 3. The summed E-state index contributed by atoms with van der Waals surface area (Å²) in [6.07, 6.45) is 0. The zero-order chi connectivity index (χ0) is 47.4. The average molecular weight is 719 g/mol. The second-order valence-corrected chi connectivity index (χ2v) is 12.7. The molecule has 0 radical (unpaired) electrons. The topological polar surface area (TPSA) is 55.7 Å². The van der Waals surface area contributed by atoms with Crippen molar-refractivity contribution >= 4 is 33.5 Å². The van der Waals surface area contributed by atoms with Crippen LogP contribution < -0.4 is 5.73 Å². The highest BCUT2D eigenvalue weighted by Gasteiger charge is 2.16. The lowest BCUT2D eigenvalue weighted by molar-refractivity contribution is 1.06. The van der Waals surface area contributed by atoms with Gasteiger partial charge in [0.2, 0.25) is 0 Å². The first-order chi connectivity index (χ1) is 32.2. The van der Waals surface area contributed by atoms with E-state index >= 15 is 0 Å². The third-order valence-corrected chi connectivity index (χ3v) is 9.29. The molecule has 0 aliphatic carbocycles. The van der Waals surface area contributed by atoms with Gasteiger partial charge in [0.25, 0.3) is 0 Å². The van der Waals surface area contributed by atoms with Crippen LogP contribution in [-0.4, -0.2) is 16.2 Å². The fourth-order valence-electron chi connectivity index (χ4n) is 6.55. The van der Waals surface area contributed by atoms with Gasteiger partial charge in [-0.2, -0.15) is 0 Å². The predicted molar refractivity (Wildman–Crippen MR) is 231 cm³/mol. The van der Waals surface area contributed by atoms with Gasteiger partial charge in [-0.1, -0.05) is 182 Å². The molecular weight excluding hydrogens is 669 g/mol. The highest BCUT2D eigenvalue weighted by Crippen LogP contribution is 2.36. The maximum atomic E-state index is 9.88. The molecule has 0 aliphatic rings. The second-order valence-electron chi connectivity index (χ2n) is 12.7. The number of nitrogens with zero attached hydrogens (tertiary/aromatic N) is 3. The van der Waals surface area contributed by atoms with Crippen LogP contribution in [0.4, 0.5) is 0 Å². The second kappa shape index (κ2) is 15.0. The molecule has 0 aliphatic heterocycles. The molecule has 0 saturated carbocycles. The maximum Gasteiger partial charge on any atom is 0.157 e. The normalized spacial score (nSPS) is 15.1. The number of nitrogens with two attached hydrogens (primary N) is 1. The van der Waals surface area contributed by atoms with Gasteiger partial charge in [-0.05, 0) is 63.1 Å². The summed E-state index contributed by atoms with van der Waals surface area (Å²) in [5.74, 6) is 0.250. The summed E-state index contributed by atoms with van der Waals surface area (Å²) < 4.78 is 108. The molecule has 0 saturated heterocycles. The van der Waals surface area contributed by atoms with Crippen LogP contribution in [0.3, 0.4) is 0 Å². The number of aromatic nitrogens is 1. The Labute approximate surface area is 338 Å². The van der Waals surface area contributed by atoms with E-state index in [0.717, 1.165) is 32.4 Å². The zero-order valence-electron chi connectivity index (χ0n) is 41.3. The smallest absolute Gasteiger partial charge is 0.157 e. The molecule has 1 heterocycles. The van der Waals surface area contributed by atoms with E-state index in [2.05, 4.69) is 36.4 Å². The molecule has 0 atom stereocenters. The summed E-state index contributed by atoms with van der Waals surface area (Å²) in [6, 6.07) is 34.6. The summed E-state index contributed by atoms with van der Waals surface area (Å²) in [4.78, 5) is 9.80. The Hall–Kier alpha value is -7.30. The molecule has 4 nitrogen and oxygen atoms in total. The van der Waals surface area contributed by atoms with Gasteiger partial charge in [0, 0.05) is 27.6 Å². The molecule has 4 heteroatoms. The van der Waals surface area contributed by atoms with Crippen molar-refractivity contribution in [1.82, 2.24) is 4.57 Å². The van der Waals surface area contributed by atoms with Crippen LogP contribution in [0.2, 0.25) is 0 Å². The lowest BCUT2D eigenvalue weighted by atomic mass is 9.97. The van der Waals surface area contributed by atoms with E-state index in [9.17, 15) is 4.11 Å². The Balaban J connectivity index is 1.24. The van der Waals surface area contributed by atoms with Crippen molar-refractivity contribution in [2.75, 3.05) is 0 Å². The van der Waals surface area contributed by atoms with Crippen LogP contribution in [0.25, 0.3) is 60.9 Å². The lowest BCUT2D eigenvalue weighted by Gasteiger charge is -2.13. The molecule has 0 bridgehead atoms. The van der Waals surface area contributed by atoms with Crippen molar-refractivity contribution in [2.45, 2.75) is 6.54 Å². The number of benzene rings is 8. The van der Waals surface area contributed by atoms with Crippen molar-refractivity contribution in [1.29, 1.82) is 0 Å². The number of aliphatic imine (C=N–C) groups is 2. The van der Waals surface area contributed by atoms with Gasteiger partial charge in [0.1, 0.15) is 5.84 Å². The molecule has 0 spiro atoms. The number of hydrogen-bond donors (Lipinski definition) is 1. The van der Waals surface area contributed by atoms with E-state index in [1.165, 1.54) is 0 Å². The molecule has 55 heavy (non-hydrogen) atoms. The average Bonchev–Trinajstić information content (AvgIpc) is 3.71. The van der Waals surface area contributed by atoms with Gasteiger partial charge in [0.15, 0.2) is 5.84 Å². The quantitative estimate of drug-likeness (QED) is 0.123. The number of para-hydroxylation sites is 2. The van der Waals surface area contributed by atoms with Crippen LogP contribution >= 0.6 is 0 Å². The van der Waals surface area contributed by atoms with Gasteiger partial charge >= 0.3 is 0 Å². The van der Waals surface area contributed by atoms with E-state index in [-0.39, 0.29) is 51.1 Å². The van der Waals surface area contributed by atoms with E-state index in [0.29, 0.717) is 11.1 Å². The van der Waals surface area contributed by atoms with Crippen LogP contribution in [0.1, 0.15) is 33.1 Å². The number of rotatable bonds is 8. The van der Waals surface area contributed by atoms with Gasteiger partial charge in [-0.15, -0.1) is 0 Å². The van der Waals surface area contributed by atoms with E-state index in [1.807, 2.05) is 72.8 Å². The summed E-state index contributed by atoms with van der Waals surface area (Å²) in [7, 11) is 0. The fraction of sp³-hybridized carbons (Fsp3) is 0.0196. The molecule has 8 aromatic carbocycles. The Morgan fingerprint density at radius 3 is 1.84 bits per heavy atom. The fourth-order valence-corrected chi connectivity index (χ4v) is 6.55. The lowest BCUT2D eigenvalue weighted by Crippen LogP contribution is -2.17. The van der Waals surface area contributed by atoms with Gasteiger partial charge in [-0.3, -0.25) is 4.99 Å². The first-order valence-corrected chi connectivity index (χ1v) is 17.6. The Morgan fingerprint density at radius 2 is 1.11 bits per heavy atom. The highest BCUT2D eigenvalue weighted by atomic mass is 15.0. The molecule has 0 unspecified atom stereocenters. The third kappa shape index (κ3) is 6.85. The SMILES string of the molecule is [2H]c1c([2H])c([2H])c(-n2c3c([2H])c([2H])c([2H])c([2H])c3c3c([2H])c([2H])c(-c4ccccc4C(N=C(N)c4ccc(-c5ccc(-c6ccccc6)cc5)cc4)=NCc4ccccc4)c([2H])c32)c([2H])c1[2H]. The third-order valence-electron chi connectivity index (χ3n) is 9.29.